The molecular formula is C14H19NO. The zero-order valence-electron chi connectivity index (χ0n) is 10.4. The van der Waals surface area contributed by atoms with Crippen LogP contribution in [0.1, 0.15) is 26.3 Å². The molecule has 86 valence electrons. The van der Waals surface area contributed by atoms with E-state index in [1.807, 2.05) is 37.3 Å². The number of hydrogen-bond donors (Lipinski definition) is 1. The first-order valence-electron chi connectivity index (χ1n) is 5.44. The van der Waals surface area contributed by atoms with Crippen molar-refractivity contribution in [2.45, 2.75) is 27.7 Å². The van der Waals surface area contributed by atoms with Crippen LogP contribution in [-0.4, -0.2) is 5.91 Å². The molecule has 0 heterocycles. The summed E-state index contributed by atoms with van der Waals surface area (Å²) in [6.07, 6.45) is 3.48. The minimum atomic E-state index is -0.0845. The molecule has 0 aliphatic carbocycles. The largest absolute Gasteiger partial charge is 0.323 e. The predicted octanol–water partition coefficient (Wildman–Crippen LogP) is 3.54. The molecule has 1 N–H and O–H groups in total. The monoisotopic (exact) mass is 217 g/mol. The Labute approximate surface area is 97.4 Å². The van der Waals surface area contributed by atoms with Crippen molar-refractivity contribution in [1.82, 2.24) is 0 Å². The number of aryl methyl sites for hydroxylation is 1. The van der Waals surface area contributed by atoms with Crippen molar-refractivity contribution in [2.24, 2.45) is 5.41 Å². The molecule has 0 aromatic heterocycles. The number of amides is 1. The van der Waals surface area contributed by atoms with Crippen molar-refractivity contribution in [1.29, 1.82) is 0 Å². The van der Waals surface area contributed by atoms with Gasteiger partial charge in [0.2, 0.25) is 5.91 Å². The summed E-state index contributed by atoms with van der Waals surface area (Å²) in [5, 5.41) is 2.82. The first-order chi connectivity index (χ1) is 7.37. The lowest BCUT2D eigenvalue weighted by Crippen LogP contribution is -2.09. The summed E-state index contributed by atoms with van der Waals surface area (Å²) >= 11 is 0. The molecule has 1 aromatic carbocycles. The highest BCUT2D eigenvalue weighted by molar-refractivity contribution is 5.99. The lowest BCUT2D eigenvalue weighted by atomic mass is 9.96. The number of nitrogens with one attached hydrogen (secondary N) is 1. The normalized spacial score (nSPS) is 11.8. The number of carbonyl (C=O) groups excluding carboxylic acids is 1. The van der Waals surface area contributed by atoms with Crippen molar-refractivity contribution < 1.29 is 4.79 Å². The maximum Gasteiger partial charge on any atom is 0.248 e. The quantitative estimate of drug-likeness (QED) is 0.754. The van der Waals surface area contributed by atoms with E-state index in [9.17, 15) is 4.79 Å². The molecule has 0 saturated carbocycles. The summed E-state index contributed by atoms with van der Waals surface area (Å²) in [6, 6.07) is 7.75. The third-order valence-electron chi connectivity index (χ3n) is 2.05. The van der Waals surface area contributed by atoms with E-state index >= 15 is 0 Å². The molecule has 0 aliphatic heterocycles. The molecule has 2 nitrogen and oxygen atoms in total. The van der Waals surface area contributed by atoms with Crippen molar-refractivity contribution in [3.8, 4) is 0 Å². The smallest absolute Gasteiger partial charge is 0.248 e. The van der Waals surface area contributed by atoms with Crippen LogP contribution in [0.15, 0.2) is 36.4 Å². The molecule has 0 aliphatic rings. The summed E-state index contributed by atoms with van der Waals surface area (Å²) < 4.78 is 0. The number of rotatable bonds is 2. The highest BCUT2D eigenvalue weighted by atomic mass is 16.1. The first-order valence-corrected chi connectivity index (χ1v) is 5.44. The van der Waals surface area contributed by atoms with Crippen LogP contribution in [0.4, 0.5) is 5.69 Å². The van der Waals surface area contributed by atoms with Gasteiger partial charge in [-0.3, -0.25) is 4.79 Å². The van der Waals surface area contributed by atoms with Gasteiger partial charge in [0, 0.05) is 5.69 Å². The molecule has 0 bridgehead atoms. The van der Waals surface area contributed by atoms with Gasteiger partial charge < -0.3 is 5.32 Å². The second kappa shape index (κ2) is 4.97. The van der Waals surface area contributed by atoms with Crippen LogP contribution in [-0.2, 0) is 4.79 Å². The van der Waals surface area contributed by atoms with E-state index in [2.05, 4.69) is 26.1 Å². The molecule has 0 spiro atoms. The molecule has 1 aromatic rings. The number of hydrogen-bond acceptors (Lipinski definition) is 1. The summed E-state index contributed by atoms with van der Waals surface area (Å²) in [7, 11) is 0. The molecule has 0 radical (unpaired) electrons. The van der Waals surface area contributed by atoms with Crippen molar-refractivity contribution in [3.63, 3.8) is 0 Å². The molecule has 0 atom stereocenters. The van der Waals surface area contributed by atoms with Gasteiger partial charge in [-0.25, -0.2) is 0 Å². The highest BCUT2D eigenvalue weighted by Crippen LogP contribution is 2.14. The molecule has 2 heteroatoms. The van der Waals surface area contributed by atoms with Crippen LogP contribution in [0.3, 0.4) is 0 Å². The fourth-order valence-corrected chi connectivity index (χ4v) is 1.15. The van der Waals surface area contributed by atoms with Gasteiger partial charge in [0.05, 0.1) is 0 Å². The van der Waals surface area contributed by atoms with Gasteiger partial charge in [0.15, 0.2) is 0 Å². The molecule has 1 amide bonds. The second-order valence-electron chi connectivity index (χ2n) is 5.05. The Morgan fingerprint density at radius 1 is 1.19 bits per heavy atom. The van der Waals surface area contributed by atoms with E-state index in [1.165, 1.54) is 5.56 Å². The van der Waals surface area contributed by atoms with E-state index in [0.717, 1.165) is 5.69 Å². The van der Waals surface area contributed by atoms with E-state index < -0.39 is 0 Å². The van der Waals surface area contributed by atoms with E-state index in [-0.39, 0.29) is 11.3 Å². The van der Waals surface area contributed by atoms with Gasteiger partial charge in [-0.1, -0.05) is 44.5 Å². The summed E-state index contributed by atoms with van der Waals surface area (Å²) in [4.78, 5) is 11.5. The van der Waals surface area contributed by atoms with Crippen molar-refractivity contribution in [3.05, 3.63) is 42.0 Å². The van der Waals surface area contributed by atoms with Gasteiger partial charge in [-0.15, -0.1) is 0 Å². The minimum Gasteiger partial charge on any atom is -0.323 e. The lowest BCUT2D eigenvalue weighted by molar-refractivity contribution is -0.112. The number of anilines is 1. The molecule has 1 rings (SSSR count). The van der Waals surface area contributed by atoms with Gasteiger partial charge in [-0.2, -0.15) is 0 Å². The Morgan fingerprint density at radius 3 is 2.25 bits per heavy atom. The molecular weight excluding hydrogens is 198 g/mol. The standard InChI is InChI=1S/C14H19NO/c1-11-5-7-12(8-6-11)15-13(16)9-10-14(2,3)4/h5-10H,1-4H3,(H,15,16)/b10-9+. The fraction of sp³-hybridized carbons (Fsp3) is 0.357. The molecule has 0 unspecified atom stereocenters. The van der Waals surface area contributed by atoms with Crippen LogP contribution in [0.2, 0.25) is 0 Å². The fourth-order valence-electron chi connectivity index (χ4n) is 1.15. The van der Waals surface area contributed by atoms with Gasteiger partial charge in [-0.05, 0) is 30.5 Å². The topological polar surface area (TPSA) is 29.1 Å². The number of allylic oxidation sites excluding steroid dienone is 1. The van der Waals surface area contributed by atoms with Crippen LogP contribution < -0.4 is 5.32 Å². The lowest BCUT2D eigenvalue weighted by Gasteiger charge is -2.10. The molecule has 0 saturated heterocycles. The zero-order valence-corrected chi connectivity index (χ0v) is 10.4. The Balaban J connectivity index is 2.59. The summed E-state index contributed by atoms with van der Waals surface area (Å²) in [6.45, 7) is 8.19. The average Bonchev–Trinajstić information content (AvgIpc) is 2.18. The maximum absolute atomic E-state index is 11.5. The first kappa shape index (κ1) is 12.5. The van der Waals surface area contributed by atoms with E-state index in [0.29, 0.717) is 0 Å². The van der Waals surface area contributed by atoms with Gasteiger partial charge in [0.1, 0.15) is 0 Å². The van der Waals surface area contributed by atoms with E-state index in [1.54, 1.807) is 6.08 Å². The van der Waals surface area contributed by atoms with Crippen molar-refractivity contribution >= 4 is 11.6 Å². The Bertz CT molecular complexity index is 382. The van der Waals surface area contributed by atoms with Gasteiger partial charge in [0.25, 0.3) is 0 Å². The summed E-state index contributed by atoms with van der Waals surface area (Å²) in [5.41, 5.74) is 2.04. The Morgan fingerprint density at radius 2 is 1.75 bits per heavy atom. The average molecular weight is 217 g/mol. The minimum absolute atomic E-state index is 0.0324. The predicted molar refractivity (Wildman–Crippen MR) is 68.4 cm³/mol. The highest BCUT2D eigenvalue weighted by Gasteiger charge is 2.05. The third kappa shape index (κ3) is 4.78. The maximum atomic E-state index is 11.5. The summed E-state index contributed by atoms with van der Waals surface area (Å²) in [5.74, 6) is -0.0845. The van der Waals surface area contributed by atoms with Crippen molar-refractivity contribution in [2.75, 3.05) is 5.32 Å². The van der Waals surface area contributed by atoms with Crippen LogP contribution >= 0.6 is 0 Å². The van der Waals surface area contributed by atoms with E-state index in [4.69, 9.17) is 0 Å². The Hall–Kier alpha value is -1.57. The Kier molecular flexibility index (Phi) is 3.88. The number of benzene rings is 1. The second-order valence-corrected chi connectivity index (χ2v) is 5.05. The SMILES string of the molecule is Cc1ccc(NC(=O)/C=C/C(C)(C)C)cc1. The number of carbonyl (C=O) groups is 1. The van der Waals surface area contributed by atoms with Crippen LogP contribution in [0.25, 0.3) is 0 Å². The zero-order chi connectivity index (χ0) is 12.2. The third-order valence-corrected chi connectivity index (χ3v) is 2.05. The van der Waals surface area contributed by atoms with Crippen LogP contribution in [0.5, 0.6) is 0 Å². The van der Waals surface area contributed by atoms with Crippen LogP contribution in [0, 0.1) is 12.3 Å². The molecule has 0 fully saturated rings. The van der Waals surface area contributed by atoms with Gasteiger partial charge >= 0.3 is 0 Å². The molecule has 16 heavy (non-hydrogen) atoms.